The molecule has 1 aliphatic rings. The van der Waals surface area contributed by atoms with Crippen molar-refractivity contribution >= 4 is 29.9 Å². The number of halogens is 4. The van der Waals surface area contributed by atoms with Gasteiger partial charge in [-0.3, -0.25) is 0 Å². The average Bonchev–Trinajstić information content (AvgIpc) is 2.59. The van der Waals surface area contributed by atoms with Crippen molar-refractivity contribution in [1.82, 2.24) is 0 Å². The summed E-state index contributed by atoms with van der Waals surface area (Å²) in [5.74, 6) is 1.32. The molecule has 1 atom stereocenters. The Bertz CT molecular complexity index is 725. The molecule has 0 N–H and O–H groups in total. The predicted molar refractivity (Wildman–Crippen MR) is 100.0 cm³/mol. The molecule has 0 spiro atoms. The molecule has 0 bridgehead atoms. The van der Waals surface area contributed by atoms with Crippen LogP contribution in [0.4, 0.5) is 17.3 Å². The molecule has 1 unspecified atom stereocenters. The summed E-state index contributed by atoms with van der Waals surface area (Å²) in [6.07, 6.45) is 2.11. The van der Waals surface area contributed by atoms with Crippen LogP contribution in [0.5, 0.6) is 0 Å². The van der Waals surface area contributed by atoms with Crippen molar-refractivity contribution in [2.75, 3.05) is 5.75 Å². The molecule has 1 aliphatic heterocycles. The molecule has 0 radical (unpaired) electrons. The zero-order valence-electron chi connectivity index (χ0n) is 14.2. The fourth-order valence-corrected chi connectivity index (χ4v) is 6.49. The molecule has 3 rings (SSSR count). The van der Waals surface area contributed by atoms with Crippen LogP contribution in [0.1, 0.15) is 19.8 Å². The summed E-state index contributed by atoms with van der Waals surface area (Å²) in [6.45, 7) is 2.02. The molecule has 1 nitrogen and oxygen atoms in total. The molecule has 2 aromatic carbocycles. The molecule has 138 valence electrons. The van der Waals surface area contributed by atoms with Crippen LogP contribution in [0.2, 0.25) is 0 Å². The number of fused-ring (bicyclic) bond motifs is 2. The molecule has 0 amide bonds. The highest BCUT2D eigenvalue weighted by Gasteiger charge is 2.34. The van der Waals surface area contributed by atoms with E-state index in [1.54, 1.807) is 0 Å². The van der Waals surface area contributed by atoms with E-state index in [0.717, 1.165) is 18.6 Å². The topological polar surface area (TPSA) is 23.8 Å². The number of hydrogen-bond donors (Lipinski definition) is 0. The molecule has 0 fully saturated rings. The van der Waals surface area contributed by atoms with Crippen LogP contribution in [0.3, 0.4) is 0 Å². The summed E-state index contributed by atoms with van der Waals surface area (Å²) in [4.78, 5) is 5.75. The van der Waals surface area contributed by atoms with Crippen LogP contribution in [0, 0.1) is 17.2 Å². The SMILES string of the molecule is CC(C#N)CCC[S+]1c2ccccc2Sc2ccccc21.F[B-](F)(F)F. The van der Waals surface area contributed by atoms with E-state index in [1.165, 1.54) is 19.6 Å². The van der Waals surface area contributed by atoms with Gasteiger partial charge in [0.05, 0.1) is 26.8 Å². The lowest BCUT2D eigenvalue weighted by molar-refractivity contribution is 0.368. The standard InChI is InChI=1S/C18H18NS2.BF4/c1-14(13-19)7-6-12-21-17-10-4-2-8-15(17)20-16-9-3-5-11-18(16)21;2-1(3,4)5/h2-5,8-11,14H,6-7,12H2,1H3;/q+1;-1. The molecule has 26 heavy (non-hydrogen) atoms. The molecule has 0 saturated carbocycles. The van der Waals surface area contributed by atoms with Gasteiger partial charge < -0.3 is 17.3 Å². The number of benzene rings is 2. The Morgan fingerprint density at radius 3 is 1.92 bits per heavy atom. The third-order valence-electron chi connectivity index (χ3n) is 3.66. The summed E-state index contributed by atoms with van der Waals surface area (Å²) in [5.41, 5.74) is 0. The van der Waals surface area contributed by atoms with E-state index >= 15 is 0 Å². The second-order valence-corrected chi connectivity index (χ2v) is 8.91. The Kier molecular flexibility index (Phi) is 7.48. The normalized spacial score (nSPS) is 14.3. The zero-order valence-corrected chi connectivity index (χ0v) is 15.8. The number of rotatable bonds is 4. The summed E-state index contributed by atoms with van der Waals surface area (Å²) in [6, 6.07) is 19.9. The second-order valence-electron chi connectivity index (χ2n) is 5.76. The smallest absolute Gasteiger partial charge is 0.418 e. The average molecular weight is 399 g/mol. The fraction of sp³-hybridized carbons (Fsp3) is 0.278. The van der Waals surface area contributed by atoms with E-state index in [0.29, 0.717) is 0 Å². The van der Waals surface area contributed by atoms with Crippen molar-refractivity contribution < 1.29 is 17.3 Å². The van der Waals surface area contributed by atoms with Gasteiger partial charge in [-0.2, -0.15) is 5.26 Å². The molecule has 8 heteroatoms. The second kappa shape index (κ2) is 9.38. The van der Waals surface area contributed by atoms with Crippen LogP contribution in [-0.2, 0) is 10.9 Å². The summed E-state index contributed by atoms with van der Waals surface area (Å²) >= 11 is 1.89. The van der Waals surface area contributed by atoms with Crippen LogP contribution in [-0.4, -0.2) is 13.0 Å². The van der Waals surface area contributed by atoms with E-state index in [1.807, 2.05) is 18.7 Å². The van der Waals surface area contributed by atoms with Crippen LogP contribution < -0.4 is 0 Å². The van der Waals surface area contributed by atoms with Gasteiger partial charge in [-0.15, -0.1) is 0 Å². The minimum atomic E-state index is -6.00. The monoisotopic (exact) mass is 399 g/mol. The minimum Gasteiger partial charge on any atom is -0.418 e. The lowest BCUT2D eigenvalue weighted by atomic mass is 10.1. The van der Waals surface area contributed by atoms with Crippen molar-refractivity contribution in [3.8, 4) is 6.07 Å². The Balaban J connectivity index is 0.000000431. The van der Waals surface area contributed by atoms with Crippen molar-refractivity contribution in [2.24, 2.45) is 5.92 Å². The molecule has 0 saturated heterocycles. The Labute approximate surface area is 158 Å². The van der Waals surface area contributed by atoms with E-state index < -0.39 is 7.25 Å². The number of nitriles is 1. The van der Waals surface area contributed by atoms with E-state index in [9.17, 15) is 17.3 Å². The van der Waals surface area contributed by atoms with Gasteiger partial charge in [0.15, 0.2) is 9.79 Å². The van der Waals surface area contributed by atoms with Gasteiger partial charge in [0.25, 0.3) is 0 Å². The molecule has 1 heterocycles. The first kappa shape index (κ1) is 20.7. The maximum absolute atomic E-state index is 9.75. The van der Waals surface area contributed by atoms with Crippen molar-refractivity contribution in [3.63, 3.8) is 0 Å². The van der Waals surface area contributed by atoms with Crippen LogP contribution in [0.25, 0.3) is 0 Å². The van der Waals surface area contributed by atoms with Crippen molar-refractivity contribution in [1.29, 1.82) is 5.26 Å². The maximum Gasteiger partial charge on any atom is 0.673 e. The lowest BCUT2D eigenvalue weighted by Gasteiger charge is -2.19. The van der Waals surface area contributed by atoms with Gasteiger partial charge in [0, 0.05) is 5.92 Å². The third-order valence-corrected chi connectivity index (χ3v) is 7.54. The van der Waals surface area contributed by atoms with Crippen molar-refractivity contribution in [3.05, 3.63) is 48.5 Å². The number of nitrogens with zero attached hydrogens (tertiary/aromatic N) is 1. The first-order chi connectivity index (χ1) is 12.3. The fourth-order valence-electron chi connectivity index (χ4n) is 2.53. The van der Waals surface area contributed by atoms with Crippen LogP contribution in [0.15, 0.2) is 68.1 Å². The Morgan fingerprint density at radius 2 is 1.46 bits per heavy atom. The van der Waals surface area contributed by atoms with Gasteiger partial charge in [-0.1, -0.05) is 36.0 Å². The largest absolute Gasteiger partial charge is 0.673 e. The quantitative estimate of drug-likeness (QED) is 0.336. The Morgan fingerprint density at radius 1 is 1.00 bits per heavy atom. The molecule has 0 aliphatic carbocycles. The molecular formula is C18H18BF4NS2. The van der Waals surface area contributed by atoms with Gasteiger partial charge in [0.2, 0.25) is 0 Å². The van der Waals surface area contributed by atoms with Gasteiger partial charge in [0.1, 0.15) is 5.75 Å². The summed E-state index contributed by atoms with van der Waals surface area (Å²) in [5, 5.41) is 8.94. The van der Waals surface area contributed by atoms with Crippen molar-refractivity contribution in [2.45, 2.75) is 39.3 Å². The minimum absolute atomic E-state index is 0.157. The summed E-state index contributed by atoms with van der Waals surface area (Å²) < 4.78 is 39.0. The van der Waals surface area contributed by atoms with Crippen LogP contribution >= 0.6 is 11.8 Å². The predicted octanol–water partition coefficient (Wildman–Crippen LogP) is 6.43. The highest BCUT2D eigenvalue weighted by Crippen LogP contribution is 2.45. The number of hydrogen-bond acceptors (Lipinski definition) is 2. The van der Waals surface area contributed by atoms with Gasteiger partial charge in [-0.25, -0.2) is 0 Å². The van der Waals surface area contributed by atoms with Gasteiger partial charge in [-0.05, 0) is 44.0 Å². The summed E-state index contributed by atoms with van der Waals surface area (Å²) in [7, 11) is -5.84. The lowest BCUT2D eigenvalue weighted by Crippen LogP contribution is -2.14. The Hall–Kier alpha value is -1.59. The maximum atomic E-state index is 9.75. The first-order valence-corrected chi connectivity index (χ1v) is 10.3. The zero-order chi connectivity index (χ0) is 19.2. The van der Waals surface area contributed by atoms with E-state index in [2.05, 4.69) is 54.6 Å². The highest BCUT2D eigenvalue weighted by atomic mass is 32.2. The molecule has 0 aromatic heterocycles. The highest BCUT2D eigenvalue weighted by molar-refractivity contribution is 8.04. The molecule has 2 aromatic rings. The third kappa shape index (κ3) is 6.29. The first-order valence-electron chi connectivity index (χ1n) is 8.13. The van der Waals surface area contributed by atoms with E-state index in [4.69, 9.17) is 5.26 Å². The van der Waals surface area contributed by atoms with E-state index in [-0.39, 0.29) is 16.8 Å². The van der Waals surface area contributed by atoms with Gasteiger partial charge >= 0.3 is 7.25 Å². The molecular weight excluding hydrogens is 381 g/mol.